The Hall–Kier alpha value is -4.29. The van der Waals surface area contributed by atoms with Crippen LogP contribution in [0.15, 0.2) is 78.9 Å². The number of aliphatic carboxylic acids is 1. The SMILES string of the molecule is O=C(Nc1ccc(Cl)cc1)Nc1cccc(N2CC(C[NH2+]c3ccccc3)OC2=O)c1.O=C([O-])C(F)(F)F. The second-order valence-electron chi connectivity index (χ2n) is 7.89. The Morgan fingerprint density at radius 1 is 1.00 bits per heavy atom. The Morgan fingerprint density at radius 2 is 1.63 bits per heavy atom. The molecule has 38 heavy (non-hydrogen) atoms. The highest BCUT2D eigenvalue weighted by molar-refractivity contribution is 6.30. The number of hydrogen-bond donors (Lipinski definition) is 3. The van der Waals surface area contributed by atoms with Crippen LogP contribution in [0.25, 0.3) is 0 Å². The zero-order valence-corrected chi connectivity index (χ0v) is 20.3. The molecule has 3 aromatic rings. The fourth-order valence-corrected chi connectivity index (χ4v) is 3.42. The third-order valence-corrected chi connectivity index (χ3v) is 5.29. The molecule has 3 aromatic carbocycles. The highest BCUT2D eigenvalue weighted by atomic mass is 35.5. The topological polar surface area (TPSA) is 127 Å². The number of benzene rings is 3. The minimum atomic E-state index is -5.19. The molecule has 1 heterocycles. The Bertz CT molecular complexity index is 1260. The first-order chi connectivity index (χ1) is 18.0. The molecule has 1 aliphatic rings. The van der Waals surface area contributed by atoms with E-state index in [2.05, 4.69) is 16.0 Å². The van der Waals surface area contributed by atoms with E-state index in [1.807, 2.05) is 36.4 Å². The average molecular weight is 551 g/mol. The molecular weight excluding hydrogens is 529 g/mol. The highest BCUT2D eigenvalue weighted by Gasteiger charge is 2.33. The van der Waals surface area contributed by atoms with Gasteiger partial charge in [-0.25, -0.2) is 9.59 Å². The van der Waals surface area contributed by atoms with E-state index in [0.717, 1.165) is 5.69 Å². The van der Waals surface area contributed by atoms with Crippen LogP contribution in [0.1, 0.15) is 0 Å². The molecule has 4 rings (SSSR count). The minimum Gasteiger partial charge on any atom is -0.542 e. The van der Waals surface area contributed by atoms with Crippen molar-refractivity contribution in [3.63, 3.8) is 0 Å². The fourth-order valence-electron chi connectivity index (χ4n) is 3.29. The number of halogens is 4. The lowest BCUT2D eigenvalue weighted by Gasteiger charge is -2.15. The molecule has 0 radical (unpaired) electrons. The van der Waals surface area contributed by atoms with Crippen molar-refractivity contribution >= 4 is 52.4 Å². The maximum atomic E-state index is 12.4. The standard InChI is InChI=1S/C23H21ClN4O3.C2HF3O2/c24-16-9-11-18(12-10-16)26-22(29)27-19-7-4-8-20(13-19)28-15-21(31-23(28)30)14-25-17-5-2-1-3-6-17;3-2(4,5)1(6)7/h1-13,21,25H,14-15H2,(H2,26,27,29);(H,6,7). The number of hydrogen-bond acceptors (Lipinski definition) is 5. The number of nitrogens with one attached hydrogen (secondary N) is 2. The third-order valence-electron chi connectivity index (χ3n) is 5.04. The number of urea groups is 1. The lowest BCUT2D eigenvalue weighted by molar-refractivity contribution is -0.578. The van der Waals surface area contributed by atoms with Crippen LogP contribution in [-0.4, -0.2) is 43.5 Å². The molecule has 200 valence electrons. The molecule has 0 aromatic heterocycles. The highest BCUT2D eigenvalue weighted by Crippen LogP contribution is 2.24. The van der Waals surface area contributed by atoms with Crippen molar-refractivity contribution in [2.75, 3.05) is 28.6 Å². The van der Waals surface area contributed by atoms with Crippen LogP contribution in [0.3, 0.4) is 0 Å². The van der Waals surface area contributed by atoms with Crippen LogP contribution < -0.4 is 26.0 Å². The number of carbonyl (C=O) groups is 3. The van der Waals surface area contributed by atoms with Crippen LogP contribution in [0.5, 0.6) is 0 Å². The first kappa shape index (κ1) is 28.3. The van der Waals surface area contributed by atoms with Gasteiger partial charge in [-0.1, -0.05) is 35.9 Å². The molecule has 9 nitrogen and oxygen atoms in total. The number of carboxylic acids is 1. The molecule has 0 saturated carbocycles. The lowest BCUT2D eigenvalue weighted by atomic mass is 10.2. The number of carboxylic acid groups (broad SMARTS) is 1. The van der Waals surface area contributed by atoms with E-state index >= 15 is 0 Å². The largest absolute Gasteiger partial charge is 0.542 e. The van der Waals surface area contributed by atoms with Gasteiger partial charge in [0.15, 0.2) is 6.10 Å². The van der Waals surface area contributed by atoms with E-state index in [0.29, 0.717) is 35.2 Å². The number of quaternary nitrogens is 1. The van der Waals surface area contributed by atoms with E-state index in [1.165, 1.54) is 0 Å². The summed E-state index contributed by atoms with van der Waals surface area (Å²) in [6.45, 7) is 1.08. The summed E-state index contributed by atoms with van der Waals surface area (Å²) in [6, 6.07) is 23.5. The molecule has 0 spiro atoms. The van der Waals surface area contributed by atoms with Gasteiger partial charge >= 0.3 is 18.3 Å². The molecule has 1 saturated heterocycles. The molecule has 0 bridgehead atoms. The fraction of sp³-hybridized carbons (Fsp3) is 0.160. The number of nitrogens with zero attached hydrogens (tertiary/aromatic N) is 1. The van der Waals surface area contributed by atoms with Crippen molar-refractivity contribution in [1.29, 1.82) is 0 Å². The summed E-state index contributed by atoms with van der Waals surface area (Å²) in [7, 11) is 0. The third kappa shape index (κ3) is 8.68. The van der Waals surface area contributed by atoms with Gasteiger partial charge in [0.25, 0.3) is 0 Å². The van der Waals surface area contributed by atoms with Crippen molar-refractivity contribution in [2.24, 2.45) is 0 Å². The zero-order valence-electron chi connectivity index (χ0n) is 19.6. The van der Waals surface area contributed by atoms with Crippen molar-refractivity contribution in [1.82, 2.24) is 0 Å². The Kier molecular flexibility index (Phi) is 9.52. The van der Waals surface area contributed by atoms with Crippen molar-refractivity contribution in [2.45, 2.75) is 12.3 Å². The maximum absolute atomic E-state index is 12.4. The Labute approximate surface area is 220 Å². The van der Waals surface area contributed by atoms with Gasteiger partial charge < -0.3 is 30.6 Å². The second kappa shape index (κ2) is 12.8. The first-order valence-electron chi connectivity index (χ1n) is 11.1. The number of amides is 3. The van der Waals surface area contributed by atoms with Crippen LogP contribution in [0.2, 0.25) is 5.02 Å². The minimum absolute atomic E-state index is 0.225. The van der Waals surface area contributed by atoms with E-state index in [1.54, 1.807) is 47.4 Å². The molecule has 1 aliphatic heterocycles. The number of anilines is 3. The van der Waals surface area contributed by atoms with Crippen molar-refractivity contribution in [3.8, 4) is 0 Å². The number of cyclic esters (lactones) is 1. The smallest absolute Gasteiger partial charge is 0.430 e. The molecule has 1 unspecified atom stereocenters. The van der Waals surface area contributed by atoms with Gasteiger partial charge in [-0.3, -0.25) is 4.90 Å². The van der Waals surface area contributed by atoms with Crippen LogP contribution >= 0.6 is 11.6 Å². The summed E-state index contributed by atoms with van der Waals surface area (Å²) in [6.07, 6.45) is -5.81. The van der Waals surface area contributed by atoms with Crippen molar-refractivity contribution < 1.29 is 42.7 Å². The zero-order chi connectivity index (χ0) is 27.7. The number of ether oxygens (including phenoxy) is 1. The molecule has 13 heteroatoms. The number of para-hydroxylation sites is 1. The number of rotatable bonds is 6. The maximum Gasteiger partial charge on any atom is 0.430 e. The Balaban J connectivity index is 0.000000505. The van der Waals surface area contributed by atoms with Crippen molar-refractivity contribution in [3.05, 3.63) is 83.9 Å². The van der Waals surface area contributed by atoms with E-state index < -0.39 is 18.2 Å². The Morgan fingerprint density at radius 3 is 2.26 bits per heavy atom. The quantitative estimate of drug-likeness (QED) is 0.405. The van der Waals surface area contributed by atoms with Crippen LogP contribution in [0.4, 0.5) is 45.5 Å². The average Bonchev–Trinajstić information content (AvgIpc) is 3.25. The van der Waals surface area contributed by atoms with Gasteiger partial charge in [-0.15, -0.1) is 0 Å². The van der Waals surface area contributed by atoms with Crippen LogP contribution in [0, 0.1) is 0 Å². The second-order valence-corrected chi connectivity index (χ2v) is 8.32. The summed E-state index contributed by atoms with van der Waals surface area (Å²) in [5.41, 5.74) is 2.95. The molecule has 1 atom stereocenters. The summed E-state index contributed by atoms with van der Waals surface area (Å²) in [4.78, 5) is 35.0. The van der Waals surface area contributed by atoms with E-state index in [-0.39, 0.29) is 12.1 Å². The summed E-state index contributed by atoms with van der Waals surface area (Å²) >= 11 is 5.86. The van der Waals surface area contributed by atoms with Crippen LogP contribution in [-0.2, 0) is 9.53 Å². The molecule has 3 amide bonds. The number of nitrogens with two attached hydrogens (primary N) is 1. The summed E-state index contributed by atoms with van der Waals surface area (Å²) in [5, 5.41) is 16.9. The lowest BCUT2D eigenvalue weighted by Crippen LogP contribution is -2.80. The van der Waals surface area contributed by atoms with Gasteiger partial charge in [-0.05, 0) is 54.6 Å². The summed E-state index contributed by atoms with van der Waals surface area (Å²) in [5.74, 6) is -3.01. The predicted molar refractivity (Wildman–Crippen MR) is 132 cm³/mol. The predicted octanol–water partition coefficient (Wildman–Crippen LogP) is 3.50. The summed E-state index contributed by atoms with van der Waals surface area (Å²) < 4.78 is 37.1. The molecular formula is C25H22ClF3N4O5. The van der Waals surface area contributed by atoms with Gasteiger partial charge in [0.1, 0.15) is 18.2 Å². The monoisotopic (exact) mass is 550 g/mol. The molecule has 0 aliphatic carbocycles. The van der Waals surface area contributed by atoms with Gasteiger partial charge in [0.05, 0.1) is 6.54 Å². The molecule has 4 N–H and O–H groups in total. The number of alkyl halides is 3. The van der Waals surface area contributed by atoms with E-state index in [4.69, 9.17) is 26.2 Å². The molecule has 1 fully saturated rings. The van der Waals surface area contributed by atoms with E-state index in [9.17, 15) is 22.8 Å². The normalized spacial score (nSPS) is 14.7. The van der Waals surface area contributed by atoms with Gasteiger partial charge in [-0.2, -0.15) is 13.2 Å². The first-order valence-corrected chi connectivity index (χ1v) is 11.5. The number of carbonyl (C=O) groups excluding carboxylic acids is 3. The van der Waals surface area contributed by atoms with Gasteiger partial charge in [0, 0.05) is 22.1 Å². The van der Waals surface area contributed by atoms with Gasteiger partial charge in [0.2, 0.25) is 0 Å².